The second kappa shape index (κ2) is 8.37. The maximum absolute atomic E-state index is 13.0. The Morgan fingerprint density at radius 2 is 2.07 bits per heavy atom. The van der Waals surface area contributed by atoms with E-state index < -0.39 is 10.0 Å². The lowest BCUT2D eigenvalue weighted by Crippen LogP contribution is -2.51. The Bertz CT molecular complexity index is 775. The van der Waals surface area contributed by atoms with Gasteiger partial charge in [-0.05, 0) is 30.5 Å². The first-order valence-electron chi connectivity index (χ1n) is 9.13. The topological polar surface area (TPSA) is 91.8 Å². The Balaban J connectivity index is 1.67. The number of aromatic nitrogens is 1. The minimum atomic E-state index is -3.61. The Morgan fingerprint density at radius 3 is 2.67 bits per heavy atom. The van der Waals surface area contributed by atoms with Crippen LogP contribution in [-0.4, -0.2) is 69.0 Å². The molecule has 3 rings (SSSR count). The Hall–Kier alpha value is -1.97. The maximum atomic E-state index is 13.0. The number of piperidine rings is 1. The van der Waals surface area contributed by atoms with Gasteiger partial charge in [-0.15, -0.1) is 0 Å². The number of nitrogens with zero attached hydrogens (tertiary/aromatic N) is 3. The highest BCUT2D eigenvalue weighted by Gasteiger charge is 2.34. The largest absolute Gasteiger partial charge is 0.378 e. The fraction of sp³-hybridized carbons (Fsp3) is 0.556. The summed E-state index contributed by atoms with van der Waals surface area (Å²) in [7, 11) is -3.61. The van der Waals surface area contributed by atoms with Gasteiger partial charge in [0.25, 0.3) is 0 Å². The quantitative estimate of drug-likeness (QED) is 0.736. The van der Waals surface area contributed by atoms with Crippen LogP contribution >= 0.6 is 0 Å². The van der Waals surface area contributed by atoms with Crippen LogP contribution in [0.25, 0.3) is 0 Å². The van der Waals surface area contributed by atoms with Gasteiger partial charge in [-0.25, -0.2) is 13.4 Å². The molecule has 2 unspecified atom stereocenters. The van der Waals surface area contributed by atoms with Gasteiger partial charge in [0.15, 0.2) is 0 Å². The summed E-state index contributed by atoms with van der Waals surface area (Å²) in [5.41, 5.74) is 0. The first-order chi connectivity index (χ1) is 12.9. The third-order valence-corrected chi connectivity index (χ3v) is 6.92. The summed E-state index contributed by atoms with van der Waals surface area (Å²) in [5, 5.41) is 2.87. The third kappa shape index (κ3) is 4.48. The standard InChI is InChI=1S/C18H26N4O4S/c1-3-18(23)20-16-6-7-22(13-14(16)2)27(24,25)15-4-5-17(19-12-15)21-8-10-26-11-9-21/h3-5,12,14,16H,1,6-11,13H2,2H3,(H,20,23). The van der Waals surface area contributed by atoms with Gasteiger partial charge in [-0.2, -0.15) is 4.31 Å². The molecule has 2 fully saturated rings. The van der Waals surface area contributed by atoms with E-state index >= 15 is 0 Å². The highest BCUT2D eigenvalue weighted by Crippen LogP contribution is 2.25. The van der Waals surface area contributed by atoms with Crippen LogP contribution in [0.1, 0.15) is 13.3 Å². The zero-order chi connectivity index (χ0) is 19.4. The van der Waals surface area contributed by atoms with Crippen LogP contribution in [-0.2, 0) is 19.6 Å². The average molecular weight is 394 g/mol. The summed E-state index contributed by atoms with van der Waals surface area (Å²) in [4.78, 5) is 18.1. The number of carbonyl (C=O) groups is 1. The van der Waals surface area contributed by atoms with Crippen LogP contribution in [0.15, 0.2) is 35.9 Å². The number of amides is 1. The van der Waals surface area contributed by atoms with Gasteiger partial charge in [0.1, 0.15) is 10.7 Å². The number of rotatable bonds is 5. The van der Waals surface area contributed by atoms with Crippen LogP contribution in [0.5, 0.6) is 0 Å². The molecule has 1 aromatic rings. The van der Waals surface area contributed by atoms with Crippen LogP contribution in [0.3, 0.4) is 0 Å². The molecule has 9 heteroatoms. The molecule has 148 valence electrons. The van der Waals surface area contributed by atoms with Crippen molar-refractivity contribution in [2.24, 2.45) is 5.92 Å². The van der Waals surface area contributed by atoms with E-state index in [0.29, 0.717) is 32.7 Å². The Labute approximate surface area is 160 Å². The molecule has 0 aliphatic carbocycles. The molecule has 1 aromatic heterocycles. The van der Waals surface area contributed by atoms with Crippen molar-refractivity contribution in [1.29, 1.82) is 0 Å². The van der Waals surface area contributed by atoms with Gasteiger partial charge in [0.05, 0.1) is 13.2 Å². The van der Waals surface area contributed by atoms with E-state index in [2.05, 4.69) is 21.8 Å². The number of carbonyl (C=O) groups excluding carboxylic acids is 1. The maximum Gasteiger partial charge on any atom is 0.244 e. The number of hydrogen-bond acceptors (Lipinski definition) is 6. The van der Waals surface area contributed by atoms with E-state index in [-0.39, 0.29) is 22.8 Å². The van der Waals surface area contributed by atoms with Crippen LogP contribution in [0.4, 0.5) is 5.82 Å². The van der Waals surface area contributed by atoms with Crippen molar-refractivity contribution >= 4 is 21.7 Å². The van der Waals surface area contributed by atoms with Crippen molar-refractivity contribution in [1.82, 2.24) is 14.6 Å². The SMILES string of the molecule is C=CC(=O)NC1CCN(S(=O)(=O)c2ccc(N3CCOCC3)nc2)CC1C. The van der Waals surface area contributed by atoms with E-state index in [1.54, 1.807) is 12.1 Å². The van der Waals surface area contributed by atoms with Gasteiger partial charge in [-0.1, -0.05) is 13.5 Å². The summed E-state index contributed by atoms with van der Waals surface area (Å²) >= 11 is 0. The average Bonchev–Trinajstić information content (AvgIpc) is 2.70. The van der Waals surface area contributed by atoms with Crippen LogP contribution in [0.2, 0.25) is 0 Å². The Morgan fingerprint density at radius 1 is 1.33 bits per heavy atom. The molecule has 0 radical (unpaired) electrons. The van der Waals surface area contributed by atoms with Gasteiger partial charge < -0.3 is 15.0 Å². The van der Waals surface area contributed by atoms with Crippen molar-refractivity contribution in [3.8, 4) is 0 Å². The molecule has 0 spiro atoms. The molecule has 2 aliphatic rings. The van der Waals surface area contributed by atoms with E-state index in [0.717, 1.165) is 18.9 Å². The van der Waals surface area contributed by atoms with Crippen molar-refractivity contribution in [2.75, 3.05) is 44.3 Å². The lowest BCUT2D eigenvalue weighted by molar-refractivity contribution is -0.117. The molecular weight excluding hydrogens is 368 g/mol. The predicted octanol–water partition coefficient (Wildman–Crippen LogP) is 0.619. The van der Waals surface area contributed by atoms with Crippen LogP contribution < -0.4 is 10.2 Å². The molecule has 0 aromatic carbocycles. The molecule has 0 bridgehead atoms. The molecule has 2 saturated heterocycles. The zero-order valence-electron chi connectivity index (χ0n) is 15.5. The predicted molar refractivity (Wildman–Crippen MR) is 102 cm³/mol. The number of pyridine rings is 1. The second-order valence-corrected chi connectivity index (χ2v) is 8.84. The lowest BCUT2D eigenvalue weighted by atomic mass is 9.95. The van der Waals surface area contributed by atoms with E-state index in [1.807, 2.05) is 6.92 Å². The van der Waals surface area contributed by atoms with Crippen LogP contribution in [0, 0.1) is 5.92 Å². The minimum Gasteiger partial charge on any atom is -0.378 e. The fourth-order valence-corrected chi connectivity index (χ4v) is 4.94. The van der Waals surface area contributed by atoms with Gasteiger partial charge in [0, 0.05) is 38.4 Å². The first-order valence-corrected chi connectivity index (χ1v) is 10.6. The van der Waals surface area contributed by atoms with Crippen molar-refractivity contribution < 1.29 is 17.9 Å². The summed E-state index contributed by atoms with van der Waals surface area (Å²) in [6, 6.07) is 3.31. The number of ether oxygens (including phenoxy) is 1. The monoisotopic (exact) mass is 394 g/mol. The third-order valence-electron chi connectivity index (χ3n) is 5.07. The molecule has 2 atom stereocenters. The molecule has 27 heavy (non-hydrogen) atoms. The number of nitrogens with one attached hydrogen (secondary N) is 1. The number of anilines is 1. The van der Waals surface area contributed by atoms with Crippen molar-refractivity contribution in [2.45, 2.75) is 24.3 Å². The fourth-order valence-electron chi connectivity index (χ4n) is 3.44. The highest BCUT2D eigenvalue weighted by atomic mass is 32.2. The van der Waals surface area contributed by atoms with Gasteiger partial charge >= 0.3 is 0 Å². The van der Waals surface area contributed by atoms with E-state index in [1.165, 1.54) is 16.6 Å². The first kappa shape index (κ1) is 19.8. The van der Waals surface area contributed by atoms with Gasteiger partial charge in [0.2, 0.25) is 15.9 Å². The van der Waals surface area contributed by atoms with Crippen molar-refractivity contribution in [3.05, 3.63) is 31.0 Å². The normalized spacial score (nSPS) is 24.4. The summed E-state index contributed by atoms with van der Waals surface area (Å²) in [5.74, 6) is 0.542. The minimum absolute atomic E-state index is 0.0120. The van der Waals surface area contributed by atoms with Crippen molar-refractivity contribution in [3.63, 3.8) is 0 Å². The second-order valence-electron chi connectivity index (χ2n) is 6.90. The highest BCUT2D eigenvalue weighted by molar-refractivity contribution is 7.89. The Kier molecular flexibility index (Phi) is 6.13. The summed E-state index contributed by atoms with van der Waals surface area (Å²) < 4.78 is 32.7. The smallest absolute Gasteiger partial charge is 0.244 e. The lowest BCUT2D eigenvalue weighted by Gasteiger charge is -2.36. The molecule has 8 nitrogen and oxygen atoms in total. The summed E-state index contributed by atoms with van der Waals surface area (Å²) in [6.45, 7) is 8.91. The molecule has 2 aliphatic heterocycles. The molecule has 1 N–H and O–H groups in total. The van der Waals surface area contributed by atoms with Gasteiger partial charge in [-0.3, -0.25) is 4.79 Å². The zero-order valence-corrected chi connectivity index (χ0v) is 16.3. The van der Waals surface area contributed by atoms with E-state index in [4.69, 9.17) is 4.74 Å². The number of hydrogen-bond donors (Lipinski definition) is 1. The molecule has 0 saturated carbocycles. The number of sulfonamides is 1. The number of morpholine rings is 1. The molecule has 3 heterocycles. The summed E-state index contributed by atoms with van der Waals surface area (Å²) in [6.07, 6.45) is 3.23. The molecular formula is C18H26N4O4S. The van der Waals surface area contributed by atoms with E-state index in [9.17, 15) is 13.2 Å². The molecule has 1 amide bonds.